The number of para-hydroxylation sites is 2. The first kappa shape index (κ1) is 17.2. The Morgan fingerprint density at radius 2 is 1.96 bits per heavy atom. The van der Waals surface area contributed by atoms with Gasteiger partial charge in [-0.15, -0.1) is 0 Å². The molecule has 3 aromatic rings. The number of hydrogen-bond acceptors (Lipinski definition) is 5. The van der Waals surface area contributed by atoms with Crippen LogP contribution in [0.3, 0.4) is 0 Å². The molecule has 2 heterocycles. The Hall–Kier alpha value is -3.22. The first-order valence-corrected chi connectivity index (χ1v) is 9.01. The summed E-state index contributed by atoms with van der Waals surface area (Å²) in [5.41, 5.74) is 0.726. The fraction of sp³-hybridized carbons (Fsp3) is 0.300. The Morgan fingerprint density at radius 3 is 2.74 bits per heavy atom. The zero-order valence-corrected chi connectivity index (χ0v) is 15.0. The molecule has 0 aliphatic heterocycles. The van der Waals surface area contributed by atoms with Gasteiger partial charge in [-0.1, -0.05) is 25.0 Å². The molecule has 1 aliphatic carbocycles. The number of fused-ring (bicyclic) bond motifs is 1. The number of carbonyl (C=O) groups excluding carboxylic acids is 1. The summed E-state index contributed by atoms with van der Waals surface area (Å²) in [6.45, 7) is 0. The number of rotatable bonds is 4. The van der Waals surface area contributed by atoms with Crippen LogP contribution in [-0.2, 0) is 0 Å². The molecule has 0 spiro atoms. The summed E-state index contributed by atoms with van der Waals surface area (Å²) in [7, 11) is 1.54. The number of aromatic nitrogens is 3. The molecular weight excluding hydrogens is 344 g/mol. The molecule has 7 nitrogen and oxygen atoms in total. The average Bonchev–Trinajstić information content (AvgIpc) is 3.20. The van der Waals surface area contributed by atoms with E-state index >= 15 is 0 Å². The number of carbonyl (C=O) groups is 1. The first-order chi connectivity index (χ1) is 13.2. The lowest BCUT2D eigenvalue weighted by Crippen LogP contribution is -2.38. The molecule has 0 atom stereocenters. The highest BCUT2D eigenvalue weighted by molar-refractivity contribution is 5.94. The molecule has 0 unspecified atom stereocenters. The molecule has 0 saturated heterocycles. The van der Waals surface area contributed by atoms with Crippen LogP contribution in [0.25, 0.3) is 16.9 Å². The van der Waals surface area contributed by atoms with Crippen molar-refractivity contribution in [3.8, 4) is 11.4 Å². The van der Waals surface area contributed by atoms with Gasteiger partial charge < -0.3 is 10.1 Å². The predicted octanol–water partition coefficient (Wildman–Crippen LogP) is 2.46. The monoisotopic (exact) mass is 364 g/mol. The SMILES string of the molecule is COc1ccccc1-n1c(=O)c(C(=O)NC2CCCC2)nc2cccnc21. The quantitative estimate of drug-likeness (QED) is 0.768. The van der Waals surface area contributed by atoms with Crippen LogP contribution in [0, 0.1) is 0 Å². The van der Waals surface area contributed by atoms with Crippen LogP contribution in [0.15, 0.2) is 47.4 Å². The summed E-state index contributed by atoms with van der Waals surface area (Å²) in [6.07, 6.45) is 5.63. The van der Waals surface area contributed by atoms with Crippen molar-refractivity contribution in [1.29, 1.82) is 0 Å². The van der Waals surface area contributed by atoms with Crippen molar-refractivity contribution in [3.05, 3.63) is 58.6 Å². The Bertz CT molecular complexity index is 1050. The van der Waals surface area contributed by atoms with E-state index in [4.69, 9.17) is 4.74 Å². The second-order valence-electron chi connectivity index (χ2n) is 6.57. The maximum Gasteiger partial charge on any atom is 0.288 e. The molecule has 27 heavy (non-hydrogen) atoms. The second-order valence-corrected chi connectivity index (χ2v) is 6.57. The fourth-order valence-electron chi connectivity index (χ4n) is 3.53. The highest BCUT2D eigenvalue weighted by atomic mass is 16.5. The zero-order chi connectivity index (χ0) is 18.8. The topological polar surface area (TPSA) is 86.1 Å². The summed E-state index contributed by atoms with van der Waals surface area (Å²) in [4.78, 5) is 34.6. The largest absolute Gasteiger partial charge is 0.495 e. The third kappa shape index (κ3) is 3.16. The van der Waals surface area contributed by atoms with Gasteiger partial charge in [-0.3, -0.25) is 14.2 Å². The molecule has 1 fully saturated rings. The Morgan fingerprint density at radius 1 is 1.19 bits per heavy atom. The second kappa shape index (κ2) is 7.19. The van der Waals surface area contributed by atoms with E-state index < -0.39 is 11.5 Å². The van der Waals surface area contributed by atoms with E-state index in [2.05, 4.69) is 15.3 Å². The van der Waals surface area contributed by atoms with Crippen LogP contribution in [0.4, 0.5) is 0 Å². The minimum atomic E-state index is -0.513. The maximum atomic E-state index is 13.2. The zero-order valence-electron chi connectivity index (χ0n) is 15.0. The molecule has 2 aromatic heterocycles. The number of methoxy groups -OCH3 is 1. The van der Waals surface area contributed by atoms with Gasteiger partial charge >= 0.3 is 0 Å². The van der Waals surface area contributed by atoms with Crippen molar-refractivity contribution in [3.63, 3.8) is 0 Å². The van der Waals surface area contributed by atoms with Gasteiger partial charge in [0.1, 0.15) is 11.3 Å². The predicted molar refractivity (Wildman–Crippen MR) is 101 cm³/mol. The molecular formula is C20H20N4O3. The van der Waals surface area contributed by atoms with Crippen LogP contribution < -0.4 is 15.6 Å². The van der Waals surface area contributed by atoms with Gasteiger partial charge in [0.05, 0.1) is 12.8 Å². The number of nitrogens with zero attached hydrogens (tertiary/aromatic N) is 3. The van der Waals surface area contributed by atoms with Gasteiger partial charge in [0, 0.05) is 12.2 Å². The standard InChI is InChI=1S/C20H20N4O3/c1-27-16-11-5-4-10-15(16)24-18-14(9-6-12-21-18)23-17(20(24)26)19(25)22-13-7-2-3-8-13/h4-6,9-13H,2-3,7-8H2,1H3,(H,22,25). The maximum absolute atomic E-state index is 13.2. The van der Waals surface area contributed by atoms with Gasteiger partial charge in [-0.25, -0.2) is 9.97 Å². The Balaban J connectivity index is 1.90. The van der Waals surface area contributed by atoms with Crippen molar-refractivity contribution in [2.24, 2.45) is 0 Å². The van der Waals surface area contributed by atoms with Crippen molar-refractivity contribution >= 4 is 17.1 Å². The van der Waals surface area contributed by atoms with Gasteiger partial charge in [0.15, 0.2) is 11.3 Å². The third-order valence-corrected chi connectivity index (χ3v) is 4.85. The number of amides is 1. The van der Waals surface area contributed by atoms with Crippen LogP contribution in [-0.4, -0.2) is 33.6 Å². The van der Waals surface area contributed by atoms with Gasteiger partial charge in [0.2, 0.25) is 0 Å². The van der Waals surface area contributed by atoms with E-state index in [9.17, 15) is 9.59 Å². The highest BCUT2D eigenvalue weighted by Gasteiger charge is 2.24. The van der Waals surface area contributed by atoms with Crippen molar-refractivity contribution < 1.29 is 9.53 Å². The lowest BCUT2D eigenvalue weighted by Gasteiger charge is -2.15. The molecule has 1 N–H and O–H groups in total. The summed E-state index contributed by atoms with van der Waals surface area (Å²) >= 11 is 0. The number of hydrogen-bond donors (Lipinski definition) is 1. The van der Waals surface area contributed by atoms with Crippen LogP contribution in [0.5, 0.6) is 5.75 Å². The summed E-state index contributed by atoms with van der Waals surface area (Å²) in [5.74, 6) is 0.0706. The molecule has 1 aromatic carbocycles. The molecule has 1 saturated carbocycles. The summed E-state index contributed by atoms with van der Waals surface area (Å²) in [5, 5.41) is 2.94. The van der Waals surface area contributed by atoms with E-state index in [0.717, 1.165) is 25.7 Å². The number of nitrogens with one attached hydrogen (secondary N) is 1. The number of pyridine rings is 1. The molecule has 1 amide bonds. The minimum Gasteiger partial charge on any atom is -0.495 e. The summed E-state index contributed by atoms with van der Waals surface area (Å²) in [6, 6.07) is 10.7. The smallest absolute Gasteiger partial charge is 0.288 e. The lowest BCUT2D eigenvalue weighted by molar-refractivity contribution is 0.0931. The minimum absolute atomic E-state index is 0.100. The van der Waals surface area contributed by atoms with Crippen LogP contribution in [0.2, 0.25) is 0 Å². The third-order valence-electron chi connectivity index (χ3n) is 4.85. The molecule has 138 valence electrons. The van der Waals surface area contributed by atoms with Crippen molar-refractivity contribution in [2.45, 2.75) is 31.7 Å². The highest BCUT2D eigenvalue weighted by Crippen LogP contribution is 2.23. The van der Waals surface area contributed by atoms with E-state index in [-0.39, 0.29) is 11.7 Å². The van der Waals surface area contributed by atoms with E-state index in [1.54, 1.807) is 36.5 Å². The fourth-order valence-corrected chi connectivity index (χ4v) is 3.53. The van der Waals surface area contributed by atoms with Gasteiger partial charge in [-0.05, 0) is 37.1 Å². The van der Waals surface area contributed by atoms with Gasteiger partial charge in [-0.2, -0.15) is 0 Å². The molecule has 1 aliphatic rings. The molecule has 4 rings (SSSR count). The van der Waals surface area contributed by atoms with E-state index in [1.165, 1.54) is 11.7 Å². The normalized spacial score (nSPS) is 14.4. The van der Waals surface area contributed by atoms with Gasteiger partial charge in [0.25, 0.3) is 11.5 Å². The molecule has 0 radical (unpaired) electrons. The average molecular weight is 364 g/mol. The summed E-state index contributed by atoms with van der Waals surface area (Å²) < 4.78 is 6.80. The first-order valence-electron chi connectivity index (χ1n) is 9.01. The van der Waals surface area contributed by atoms with E-state index in [1.807, 2.05) is 6.07 Å². The Kier molecular flexibility index (Phi) is 4.58. The molecule has 0 bridgehead atoms. The van der Waals surface area contributed by atoms with Crippen molar-refractivity contribution in [2.75, 3.05) is 7.11 Å². The lowest BCUT2D eigenvalue weighted by atomic mass is 10.2. The van der Waals surface area contributed by atoms with Crippen molar-refractivity contribution in [1.82, 2.24) is 19.9 Å². The van der Waals surface area contributed by atoms with Crippen LogP contribution >= 0.6 is 0 Å². The van der Waals surface area contributed by atoms with Crippen LogP contribution in [0.1, 0.15) is 36.2 Å². The van der Waals surface area contributed by atoms with E-state index in [0.29, 0.717) is 22.6 Å². The Labute approximate surface area is 156 Å². The number of benzene rings is 1. The molecule has 7 heteroatoms. The number of ether oxygens (including phenoxy) is 1.